The number of carbonyl (C=O) groups is 2. The molecule has 0 heterocycles. The highest BCUT2D eigenvalue weighted by Gasteiger charge is 1.91. The number of ether oxygens (including phenoxy) is 2. The fraction of sp³-hybridized carbons (Fsp3) is 0.200. The van der Waals surface area contributed by atoms with Gasteiger partial charge in [0.05, 0.1) is 13.2 Å². The summed E-state index contributed by atoms with van der Waals surface area (Å²) in [5.41, 5.74) is 1.60. The molecule has 1 aromatic rings. The molecule has 0 bridgehead atoms. The average Bonchev–Trinajstić information content (AvgIpc) is 2.57. The Balaban J connectivity index is 2.58. The standard InChI is InChI=1S/C20H18O4/c1-3-23-19(21)11-7-5-9-17-13-15-18(16-14-17)10-6-8-12-20(22)24-4-2/h7-8,11-16H,3-4H2,1-2H3/b11-7+,12-8+. The van der Waals surface area contributed by atoms with Crippen LogP contribution in [0.15, 0.2) is 48.6 Å². The van der Waals surface area contributed by atoms with Crippen molar-refractivity contribution in [3.05, 3.63) is 59.7 Å². The van der Waals surface area contributed by atoms with Gasteiger partial charge in [0.15, 0.2) is 0 Å². The van der Waals surface area contributed by atoms with E-state index >= 15 is 0 Å². The predicted molar refractivity (Wildman–Crippen MR) is 91.7 cm³/mol. The highest BCUT2D eigenvalue weighted by atomic mass is 16.5. The molecule has 0 N–H and O–H groups in total. The first kappa shape index (κ1) is 18.8. The summed E-state index contributed by atoms with van der Waals surface area (Å²) in [6, 6.07) is 7.29. The van der Waals surface area contributed by atoms with Crippen LogP contribution >= 0.6 is 0 Å². The maximum Gasteiger partial charge on any atom is 0.331 e. The second kappa shape index (κ2) is 11.3. The molecule has 1 aromatic carbocycles. The van der Waals surface area contributed by atoms with Gasteiger partial charge in [0.1, 0.15) is 0 Å². The van der Waals surface area contributed by atoms with Crippen LogP contribution in [0.25, 0.3) is 0 Å². The number of carbonyl (C=O) groups excluding carboxylic acids is 2. The Morgan fingerprint density at radius 2 is 1.21 bits per heavy atom. The van der Waals surface area contributed by atoms with Crippen LogP contribution in [0.3, 0.4) is 0 Å². The van der Waals surface area contributed by atoms with Gasteiger partial charge in [-0.25, -0.2) is 9.59 Å². The van der Waals surface area contributed by atoms with Gasteiger partial charge in [-0.05, 0) is 50.3 Å². The lowest BCUT2D eigenvalue weighted by molar-refractivity contribution is -0.138. The summed E-state index contributed by atoms with van der Waals surface area (Å²) in [4.78, 5) is 22.2. The maximum absolute atomic E-state index is 11.1. The monoisotopic (exact) mass is 322 g/mol. The van der Waals surface area contributed by atoms with Crippen LogP contribution in [-0.2, 0) is 19.1 Å². The molecule has 0 unspecified atom stereocenters. The molecular formula is C20H18O4. The molecule has 0 aliphatic rings. The van der Waals surface area contributed by atoms with Crippen molar-refractivity contribution < 1.29 is 19.1 Å². The van der Waals surface area contributed by atoms with Gasteiger partial charge in [-0.3, -0.25) is 0 Å². The fourth-order valence-corrected chi connectivity index (χ4v) is 1.49. The lowest BCUT2D eigenvalue weighted by Gasteiger charge is -1.92. The molecule has 4 heteroatoms. The largest absolute Gasteiger partial charge is 0.463 e. The number of hydrogen-bond acceptors (Lipinski definition) is 4. The minimum Gasteiger partial charge on any atom is -0.463 e. The van der Waals surface area contributed by atoms with Crippen molar-refractivity contribution in [2.75, 3.05) is 13.2 Å². The fourth-order valence-electron chi connectivity index (χ4n) is 1.49. The number of benzene rings is 1. The first-order valence-corrected chi connectivity index (χ1v) is 7.45. The lowest BCUT2D eigenvalue weighted by Crippen LogP contribution is -1.98. The van der Waals surface area contributed by atoms with E-state index in [-0.39, 0.29) is 0 Å². The molecule has 24 heavy (non-hydrogen) atoms. The summed E-state index contributed by atoms with van der Waals surface area (Å²) in [5.74, 6) is 10.5. The van der Waals surface area contributed by atoms with E-state index in [2.05, 4.69) is 23.7 Å². The van der Waals surface area contributed by atoms with Crippen LogP contribution in [0.1, 0.15) is 25.0 Å². The second-order valence-corrected chi connectivity index (χ2v) is 4.29. The van der Waals surface area contributed by atoms with Gasteiger partial charge < -0.3 is 9.47 Å². The SMILES string of the molecule is CCOC(=O)/C=C/C#Cc1ccc(C#C/C=C/C(=O)OCC)cc1. The smallest absolute Gasteiger partial charge is 0.331 e. The zero-order chi connectivity index (χ0) is 17.6. The van der Waals surface area contributed by atoms with E-state index in [0.717, 1.165) is 11.1 Å². The molecule has 0 atom stereocenters. The Labute approximate surface area is 142 Å². The Kier molecular flexibility index (Phi) is 8.89. The van der Waals surface area contributed by atoms with Gasteiger partial charge in [0.2, 0.25) is 0 Å². The van der Waals surface area contributed by atoms with E-state index < -0.39 is 11.9 Å². The molecule has 0 saturated carbocycles. The normalized spacial score (nSPS) is 9.75. The maximum atomic E-state index is 11.1. The van der Waals surface area contributed by atoms with Gasteiger partial charge in [-0.1, -0.05) is 23.7 Å². The van der Waals surface area contributed by atoms with E-state index in [4.69, 9.17) is 9.47 Å². The summed E-state index contributed by atoms with van der Waals surface area (Å²) >= 11 is 0. The molecule has 0 radical (unpaired) electrons. The Bertz CT molecular complexity index is 667. The van der Waals surface area contributed by atoms with Crippen LogP contribution in [0, 0.1) is 23.7 Å². The van der Waals surface area contributed by atoms with E-state index in [0.29, 0.717) is 13.2 Å². The molecule has 0 aliphatic carbocycles. The van der Waals surface area contributed by atoms with Crippen LogP contribution in [0.5, 0.6) is 0 Å². The van der Waals surface area contributed by atoms with Gasteiger partial charge in [0.25, 0.3) is 0 Å². The van der Waals surface area contributed by atoms with E-state index in [1.165, 1.54) is 24.3 Å². The quantitative estimate of drug-likeness (QED) is 0.486. The van der Waals surface area contributed by atoms with E-state index in [9.17, 15) is 9.59 Å². The van der Waals surface area contributed by atoms with Crippen LogP contribution in [-0.4, -0.2) is 25.2 Å². The highest BCUT2D eigenvalue weighted by molar-refractivity contribution is 5.82. The third kappa shape index (κ3) is 8.26. The third-order valence-electron chi connectivity index (χ3n) is 2.50. The molecule has 1 rings (SSSR count). The number of hydrogen-bond donors (Lipinski definition) is 0. The van der Waals surface area contributed by atoms with Crippen molar-refractivity contribution >= 4 is 11.9 Å². The Hall–Kier alpha value is -3.24. The average molecular weight is 322 g/mol. The topological polar surface area (TPSA) is 52.6 Å². The van der Waals surface area contributed by atoms with Gasteiger partial charge in [-0.15, -0.1) is 0 Å². The van der Waals surface area contributed by atoms with Crippen molar-refractivity contribution in [2.45, 2.75) is 13.8 Å². The van der Waals surface area contributed by atoms with Crippen molar-refractivity contribution in [1.82, 2.24) is 0 Å². The number of rotatable bonds is 4. The summed E-state index contributed by atoms with van der Waals surface area (Å²) < 4.78 is 9.48. The van der Waals surface area contributed by atoms with E-state index in [1.54, 1.807) is 13.8 Å². The van der Waals surface area contributed by atoms with E-state index in [1.807, 2.05) is 24.3 Å². The van der Waals surface area contributed by atoms with Gasteiger partial charge in [-0.2, -0.15) is 0 Å². The first-order chi connectivity index (χ1) is 11.7. The minimum absolute atomic E-state index is 0.341. The van der Waals surface area contributed by atoms with Gasteiger partial charge in [0, 0.05) is 23.3 Å². The zero-order valence-corrected chi connectivity index (χ0v) is 13.7. The molecule has 4 nitrogen and oxygen atoms in total. The predicted octanol–water partition coefficient (Wildman–Crippen LogP) is 2.63. The molecular weight excluding hydrogens is 304 g/mol. The second-order valence-electron chi connectivity index (χ2n) is 4.29. The molecule has 0 saturated heterocycles. The highest BCUT2D eigenvalue weighted by Crippen LogP contribution is 2.01. The van der Waals surface area contributed by atoms with Crippen molar-refractivity contribution in [1.29, 1.82) is 0 Å². The Morgan fingerprint density at radius 3 is 1.54 bits per heavy atom. The van der Waals surface area contributed by atoms with Gasteiger partial charge >= 0.3 is 11.9 Å². The Morgan fingerprint density at radius 1 is 0.833 bits per heavy atom. The lowest BCUT2D eigenvalue weighted by atomic mass is 10.1. The molecule has 0 spiro atoms. The molecule has 122 valence electrons. The number of esters is 2. The zero-order valence-electron chi connectivity index (χ0n) is 13.7. The van der Waals surface area contributed by atoms with Crippen molar-refractivity contribution in [3.63, 3.8) is 0 Å². The summed E-state index contributed by atoms with van der Waals surface area (Å²) in [6.07, 6.45) is 5.47. The van der Waals surface area contributed by atoms with Crippen molar-refractivity contribution in [3.8, 4) is 23.7 Å². The third-order valence-corrected chi connectivity index (χ3v) is 2.50. The van der Waals surface area contributed by atoms with Crippen molar-refractivity contribution in [2.24, 2.45) is 0 Å². The molecule has 0 aromatic heterocycles. The molecule has 0 amide bonds. The van der Waals surface area contributed by atoms with Crippen LogP contribution in [0.4, 0.5) is 0 Å². The molecule has 0 fully saturated rings. The first-order valence-electron chi connectivity index (χ1n) is 7.45. The number of allylic oxidation sites excluding steroid dienone is 2. The molecule has 0 aliphatic heterocycles. The summed E-state index contributed by atoms with van der Waals surface area (Å²) in [7, 11) is 0. The summed E-state index contributed by atoms with van der Waals surface area (Å²) in [5, 5.41) is 0. The van der Waals surface area contributed by atoms with Crippen LogP contribution < -0.4 is 0 Å². The minimum atomic E-state index is -0.409. The van der Waals surface area contributed by atoms with Crippen LogP contribution in [0.2, 0.25) is 0 Å². The summed E-state index contributed by atoms with van der Waals surface area (Å²) in [6.45, 7) is 4.17.